The van der Waals surface area contributed by atoms with Crippen LogP contribution in [0.1, 0.15) is 18.4 Å². The summed E-state index contributed by atoms with van der Waals surface area (Å²) in [6.07, 6.45) is 3.87. The zero-order valence-corrected chi connectivity index (χ0v) is 15.3. The zero-order valence-electron chi connectivity index (χ0n) is 13.7. The SMILES string of the molecule is CN(C)CCOC(Cc1ccccc1)C1CCNCC1.Cl.Cl. The van der Waals surface area contributed by atoms with E-state index in [0.29, 0.717) is 12.0 Å². The fourth-order valence-corrected chi connectivity index (χ4v) is 2.81. The lowest BCUT2D eigenvalue weighted by atomic mass is 9.88. The summed E-state index contributed by atoms with van der Waals surface area (Å²) < 4.78 is 6.23. The third kappa shape index (κ3) is 7.80. The van der Waals surface area contributed by atoms with Crippen molar-refractivity contribution < 1.29 is 4.74 Å². The number of hydrogen-bond donors (Lipinski definition) is 1. The average molecular weight is 349 g/mol. The van der Waals surface area contributed by atoms with E-state index in [4.69, 9.17) is 4.74 Å². The molecule has 0 aliphatic carbocycles. The minimum Gasteiger partial charge on any atom is -0.376 e. The van der Waals surface area contributed by atoms with E-state index in [0.717, 1.165) is 32.7 Å². The summed E-state index contributed by atoms with van der Waals surface area (Å²) in [4.78, 5) is 2.18. The number of piperidine rings is 1. The first-order chi connectivity index (χ1) is 9.75. The van der Waals surface area contributed by atoms with Crippen LogP contribution in [0, 0.1) is 5.92 Å². The van der Waals surface area contributed by atoms with Gasteiger partial charge in [0.05, 0.1) is 12.7 Å². The maximum Gasteiger partial charge on any atom is 0.0645 e. The zero-order chi connectivity index (χ0) is 14.2. The van der Waals surface area contributed by atoms with Crippen LogP contribution in [0.4, 0.5) is 0 Å². The first kappa shape index (κ1) is 21.7. The molecule has 2 rings (SSSR count). The molecule has 1 atom stereocenters. The molecular weight excluding hydrogens is 319 g/mol. The second-order valence-corrected chi connectivity index (χ2v) is 5.99. The highest BCUT2D eigenvalue weighted by molar-refractivity contribution is 5.85. The van der Waals surface area contributed by atoms with E-state index in [-0.39, 0.29) is 24.8 Å². The molecule has 22 heavy (non-hydrogen) atoms. The fraction of sp³-hybridized carbons (Fsp3) is 0.647. The smallest absolute Gasteiger partial charge is 0.0645 e. The van der Waals surface area contributed by atoms with Crippen molar-refractivity contribution in [3.05, 3.63) is 35.9 Å². The highest BCUT2D eigenvalue weighted by atomic mass is 35.5. The Morgan fingerprint density at radius 3 is 2.36 bits per heavy atom. The molecule has 1 unspecified atom stereocenters. The first-order valence-electron chi connectivity index (χ1n) is 7.76. The average Bonchev–Trinajstić information content (AvgIpc) is 2.48. The van der Waals surface area contributed by atoms with Gasteiger partial charge < -0.3 is 15.0 Å². The van der Waals surface area contributed by atoms with E-state index >= 15 is 0 Å². The Kier molecular flexibility index (Phi) is 12.0. The Morgan fingerprint density at radius 1 is 1.14 bits per heavy atom. The van der Waals surface area contributed by atoms with Crippen LogP contribution in [0.15, 0.2) is 30.3 Å². The predicted molar refractivity (Wildman–Crippen MR) is 98.5 cm³/mol. The van der Waals surface area contributed by atoms with Gasteiger partial charge in [0.2, 0.25) is 0 Å². The summed E-state index contributed by atoms with van der Waals surface area (Å²) in [5.74, 6) is 0.693. The third-order valence-electron chi connectivity index (χ3n) is 4.06. The molecule has 0 amide bonds. The van der Waals surface area contributed by atoms with Gasteiger partial charge in [0.25, 0.3) is 0 Å². The minimum absolute atomic E-state index is 0. The molecule has 0 radical (unpaired) electrons. The van der Waals surface area contributed by atoms with Crippen molar-refractivity contribution in [1.29, 1.82) is 0 Å². The van der Waals surface area contributed by atoms with Crippen molar-refractivity contribution in [3.8, 4) is 0 Å². The number of halogens is 2. The Hall–Kier alpha value is -0.320. The van der Waals surface area contributed by atoms with E-state index in [9.17, 15) is 0 Å². The van der Waals surface area contributed by atoms with Gasteiger partial charge >= 0.3 is 0 Å². The largest absolute Gasteiger partial charge is 0.376 e. The Morgan fingerprint density at radius 2 is 1.77 bits per heavy atom. The monoisotopic (exact) mass is 348 g/mol. The number of hydrogen-bond acceptors (Lipinski definition) is 3. The van der Waals surface area contributed by atoms with Crippen LogP contribution >= 0.6 is 24.8 Å². The molecule has 0 spiro atoms. The van der Waals surface area contributed by atoms with Crippen molar-refractivity contribution in [3.63, 3.8) is 0 Å². The highest BCUT2D eigenvalue weighted by Gasteiger charge is 2.24. The van der Waals surface area contributed by atoms with Crippen LogP contribution in [0.2, 0.25) is 0 Å². The molecule has 1 aromatic carbocycles. The fourth-order valence-electron chi connectivity index (χ4n) is 2.81. The van der Waals surface area contributed by atoms with Gasteiger partial charge in [0.1, 0.15) is 0 Å². The number of nitrogens with zero attached hydrogens (tertiary/aromatic N) is 1. The number of ether oxygens (including phenoxy) is 1. The van der Waals surface area contributed by atoms with Crippen LogP contribution in [-0.2, 0) is 11.2 Å². The van der Waals surface area contributed by atoms with E-state index in [1.54, 1.807) is 0 Å². The van der Waals surface area contributed by atoms with Gasteiger partial charge in [-0.15, -0.1) is 24.8 Å². The predicted octanol–water partition coefficient (Wildman–Crippen LogP) is 3.02. The molecule has 1 N–H and O–H groups in total. The van der Waals surface area contributed by atoms with E-state index in [1.165, 1.54) is 18.4 Å². The lowest BCUT2D eigenvalue weighted by Gasteiger charge is -2.31. The summed E-state index contributed by atoms with van der Waals surface area (Å²) in [7, 11) is 4.19. The summed E-state index contributed by atoms with van der Waals surface area (Å²) in [5, 5.41) is 3.44. The molecule has 1 aliphatic heterocycles. The molecule has 0 bridgehead atoms. The van der Waals surface area contributed by atoms with Gasteiger partial charge in [-0.25, -0.2) is 0 Å². The van der Waals surface area contributed by atoms with E-state index in [2.05, 4.69) is 54.6 Å². The Labute approximate surface area is 147 Å². The van der Waals surface area contributed by atoms with Crippen molar-refractivity contribution in [2.24, 2.45) is 5.92 Å². The lowest BCUT2D eigenvalue weighted by Crippen LogP contribution is -2.37. The van der Waals surface area contributed by atoms with Crippen LogP contribution in [0.25, 0.3) is 0 Å². The topological polar surface area (TPSA) is 24.5 Å². The number of nitrogens with one attached hydrogen (secondary N) is 1. The maximum absolute atomic E-state index is 6.23. The molecule has 1 fully saturated rings. The molecule has 1 heterocycles. The summed E-state index contributed by atoms with van der Waals surface area (Å²) in [5.41, 5.74) is 1.39. The maximum atomic E-state index is 6.23. The number of benzene rings is 1. The van der Waals surface area contributed by atoms with Gasteiger partial charge in [-0.3, -0.25) is 0 Å². The minimum atomic E-state index is 0. The number of rotatable bonds is 7. The van der Waals surface area contributed by atoms with E-state index in [1.807, 2.05) is 0 Å². The molecular formula is C17H30Cl2N2O. The second-order valence-electron chi connectivity index (χ2n) is 5.99. The molecule has 0 aromatic heterocycles. The number of likely N-dealkylation sites (N-methyl/N-ethyl adjacent to an activating group) is 1. The van der Waals surface area contributed by atoms with Crippen LogP contribution < -0.4 is 5.32 Å². The quantitative estimate of drug-likeness (QED) is 0.819. The van der Waals surface area contributed by atoms with Gasteiger partial charge in [-0.05, 0) is 57.9 Å². The molecule has 0 saturated carbocycles. The van der Waals surface area contributed by atoms with Gasteiger partial charge in [-0.2, -0.15) is 0 Å². The lowest BCUT2D eigenvalue weighted by molar-refractivity contribution is -0.00251. The molecule has 5 heteroatoms. The highest BCUT2D eigenvalue weighted by Crippen LogP contribution is 2.22. The van der Waals surface area contributed by atoms with Crippen molar-refractivity contribution in [2.75, 3.05) is 40.3 Å². The first-order valence-corrected chi connectivity index (χ1v) is 7.76. The molecule has 3 nitrogen and oxygen atoms in total. The van der Waals surface area contributed by atoms with Crippen LogP contribution in [-0.4, -0.2) is 51.3 Å². The standard InChI is InChI=1S/C17H28N2O.2ClH/c1-19(2)12-13-20-17(16-8-10-18-11-9-16)14-15-6-4-3-5-7-15;;/h3-7,16-18H,8-14H2,1-2H3;2*1H. The van der Waals surface area contributed by atoms with Crippen LogP contribution in [0.5, 0.6) is 0 Å². The van der Waals surface area contributed by atoms with Crippen molar-refractivity contribution >= 4 is 24.8 Å². The van der Waals surface area contributed by atoms with Gasteiger partial charge in [0, 0.05) is 6.54 Å². The molecule has 1 aromatic rings. The molecule has 1 saturated heterocycles. The van der Waals surface area contributed by atoms with E-state index < -0.39 is 0 Å². The third-order valence-corrected chi connectivity index (χ3v) is 4.06. The van der Waals surface area contributed by atoms with Crippen LogP contribution in [0.3, 0.4) is 0 Å². The summed E-state index contributed by atoms with van der Waals surface area (Å²) in [6, 6.07) is 10.7. The van der Waals surface area contributed by atoms with Crippen molar-refractivity contribution in [1.82, 2.24) is 10.2 Å². The summed E-state index contributed by atoms with van der Waals surface area (Å²) >= 11 is 0. The normalized spacial score (nSPS) is 16.7. The molecule has 128 valence electrons. The summed E-state index contributed by atoms with van der Waals surface area (Å²) in [6.45, 7) is 4.09. The molecule has 1 aliphatic rings. The second kappa shape index (κ2) is 12.1. The Balaban J connectivity index is 0.00000220. The Bertz CT molecular complexity index is 370. The van der Waals surface area contributed by atoms with Crippen molar-refractivity contribution in [2.45, 2.75) is 25.4 Å². The van der Waals surface area contributed by atoms with Gasteiger partial charge in [0.15, 0.2) is 0 Å². The van der Waals surface area contributed by atoms with Gasteiger partial charge in [-0.1, -0.05) is 30.3 Å².